The molecule has 0 amide bonds. The third-order valence-corrected chi connectivity index (χ3v) is 8.17. The summed E-state index contributed by atoms with van der Waals surface area (Å²) in [7, 11) is 0. The molecule has 192 valence electrons. The molecule has 0 radical (unpaired) electrons. The molecule has 7 heteroatoms. The summed E-state index contributed by atoms with van der Waals surface area (Å²) in [6.45, 7) is 7.48. The Labute approximate surface area is 220 Å². The van der Waals surface area contributed by atoms with Crippen molar-refractivity contribution in [2.75, 3.05) is 5.75 Å². The van der Waals surface area contributed by atoms with Crippen LogP contribution in [0, 0.1) is 0 Å². The quantitative estimate of drug-likeness (QED) is 0.115. The number of ether oxygens (including phenoxy) is 2. The Balaban J connectivity index is 2.19. The number of hydrogen-bond acceptors (Lipinski definition) is 7. The summed E-state index contributed by atoms with van der Waals surface area (Å²) in [5.41, 5.74) is 0.884. The van der Waals surface area contributed by atoms with E-state index in [2.05, 4.69) is 6.92 Å². The molecule has 1 aromatic rings. The fraction of sp³-hybridized carbons (Fsp3) is 0.667. The first-order valence-corrected chi connectivity index (χ1v) is 14.7. The summed E-state index contributed by atoms with van der Waals surface area (Å²) in [6, 6.07) is 9.40. The van der Waals surface area contributed by atoms with Crippen molar-refractivity contribution in [3.63, 3.8) is 0 Å². The van der Waals surface area contributed by atoms with Gasteiger partial charge in [-0.1, -0.05) is 119 Å². The van der Waals surface area contributed by atoms with Gasteiger partial charge in [-0.05, 0) is 38.5 Å². The predicted molar refractivity (Wildman–Crippen MR) is 150 cm³/mol. The lowest BCUT2D eigenvalue weighted by molar-refractivity contribution is -0.168. The van der Waals surface area contributed by atoms with E-state index in [1.807, 2.05) is 30.3 Å². The molecule has 0 saturated heterocycles. The Morgan fingerprint density at radius 3 is 2.09 bits per heavy atom. The monoisotopic (exact) mass is 526 g/mol. The fourth-order valence-corrected chi connectivity index (χ4v) is 6.27. The maximum atomic E-state index is 12.6. The maximum Gasteiger partial charge on any atom is 0.347 e. The Kier molecular flexibility index (Phi) is 16.6. The van der Waals surface area contributed by atoms with Crippen molar-refractivity contribution in [3.8, 4) is 0 Å². The molecular formula is C27H42O4S3. The minimum absolute atomic E-state index is 0.152. The highest BCUT2D eigenvalue weighted by Gasteiger charge is 2.34. The molecule has 0 spiro atoms. The number of esters is 2. The second-order valence-corrected chi connectivity index (χ2v) is 13.0. The Hall–Kier alpha value is -1.05. The molecule has 1 rings (SSSR count). The molecule has 4 nitrogen and oxygen atoms in total. The predicted octanol–water partition coefficient (Wildman–Crippen LogP) is 8.11. The largest absolute Gasteiger partial charge is 0.458 e. The van der Waals surface area contributed by atoms with Crippen LogP contribution in [0.15, 0.2) is 30.3 Å². The number of benzene rings is 1. The van der Waals surface area contributed by atoms with E-state index in [9.17, 15) is 9.59 Å². The van der Waals surface area contributed by atoms with Crippen molar-refractivity contribution in [2.24, 2.45) is 0 Å². The van der Waals surface area contributed by atoms with Crippen molar-refractivity contribution < 1.29 is 19.1 Å². The summed E-state index contributed by atoms with van der Waals surface area (Å²) in [5, 5.41) is 0. The van der Waals surface area contributed by atoms with E-state index in [4.69, 9.17) is 21.7 Å². The topological polar surface area (TPSA) is 52.6 Å². The zero-order valence-electron chi connectivity index (χ0n) is 21.3. The summed E-state index contributed by atoms with van der Waals surface area (Å²) in [4.78, 5) is 24.8. The van der Waals surface area contributed by atoms with Crippen LogP contribution in [0.2, 0.25) is 0 Å². The maximum absolute atomic E-state index is 12.6. The highest BCUT2D eigenvalue weighted by atomic mass is 32.2. The molecule has 0 N–H and O–H groups in total. The number of carbonyl (C=O) groups excluding carboxylic acids is 2. The van der Waals surface area contributed by atoms with Gasteiger partial charge in [-0.25, -0.2) is 4.79 Å². The van der Waals surface area contributed by atoms with Gasteiger partial charge in [0.15, 0.2) is 6.10 Å². The first kappa shape index (κ1) is 31.0. The lowest BCUT2D eigenvalue weighted by Crippen LogP contribution is -2.36. The minimum atomic E-state index is -0.969. The van der Waals surface area contributed by atoms with E-state index in [-0.39, 0.29) is 6.61 Å². The van der Waals surface area contributed by atoms with E-state index < -0.39 is 22.8 Å². The number of hydrogen-bond donors (Lipinski definition) is 0. The van der Waals surface area contributed by atoms with Crippen LogP contribution < -0.4 is 0 Å². The first-order valence-electron chi connectivity index (χ1n) is 12.5. The molecule has 0 bridgehead atoms. The third-order valence-electron chi connectivity index (χ3n) is 5.39. The standard InChI is InChI=1S/C27H42O4S3/c1-5-6-7-8-9-10-11-12-13-17-20-33-26(32)34-27(3,4)25(29)31-22(2)24(28)30-21-23-18-15-14-16-19-23/h14-16,18-19,22H,5-13,17,20-21H2,1-4H3. The van der Waals surface area contributed by atoms with Crippen LogP contribution in [0.1, 0.15) is 97.5 Å². The Morgan fingerprint density at radius 1 is 0.941 bits per heavy atom. The van der Waals surface area contributed by atoms with Gasteiger partial charge in [0.1, 0.15) is 14.9 Å². The normalized spacial score (nSPS) is 12.2. The molecule has 0 saturated carbocycles. The van der Waals surface area contributed by atoms with E-state index >= 15 is 0 Å². The lowest BCUT2D eigenvalue weighted by atomic mass is 10.1. The van der Waals surface area contributed by atoms with Gasteiger partial charge in [0.25, 0.3) is 0 Å². The molecule has 1 atom stereocenters. The van der Waals surface area contributed by atoms with Crippen molar-refractivity contribution in [2.45, 2.75) is 109 Å². The summed E-state index contributed by atoms with van der Waals surface area (Å²) in [5.74, 6) is -0.0603. The first-order chi connectivity index (χ1) is 16.3. The van der Waals surface area contributed by atoms with Gasteiger partial charge in [-0.15, -0.1) is 11.8 Å². The second kappa shape index (κ2) is 18.3. The van der Waals surface area contributed by atoms with Crippen molar-refractivity contribution in [1.29, 1.82) is 0 Å². The molecule has 0 fully saturated rings. The van der Waals surface area contributed by atoms with Gasteiger partial charge in [0.2, 0.25) is 0 Å². The molecule has 1 aromatic carbocycles. The van der Waals surface area contributed by atoms with Gasteiger partial charge in [-0.3, -0.25) is 4.79 Å². The molecular weight excluding hydrogens is 484 g/mol. The van der Waals surface area contributed by atoms with Crippen LogP contribution in [0.5, 0.6) is 0 Å². The van der Waals surface area contributed by atoms with E-state index in [1.54, 1.807) is 25.6 Å². The highest BCUT2D eigenvalue weighted by Crippen LogP contribution is 2.33. The molecule has 0 heterocycles. The Morgan fingerprint density at radius 2 is 1.50 bits per heavy atom. The second-order valence-electron chi connectivity index (χ2n) is 9.03. The van der Waals surface area contributed by atoms with Gasteiger partial charge >= 0.3 is 11.9 Å². The summed E-state index contributed by atoms with van der Waals surface area (Å²) >= 11 is 8.43. The average molecular weight is 527 g/mol. The van der Waals surface area contributed by atoms with E-state index in [0.29, 0.717) is 0 Å². The smallest absolute Gasteiger partial charge is 0.347 e. The van der Waals surface area contributed by atoms with Gasteiger partial charge < -0.3 is 9.47 Å². The average Bonchev–Trinajstić information content (AvgIpc) is 2.81. The van der Waals surface area contributed by atoms with Crippen LogP contribution in [-0.2, 0) is 25.7 Å². The molecule has 0 aromatic heterocycles. The number of carbonyl (C=O) groups is 2. The lowest BCUT2D eigenvalue weighted by Gasteiger charge is -2.24. The molecule has 34 heavy (non-hydrogen) atoms. The number of thioether (sulfide) groups is 2. The van der Waals surface area contributed by atoms with Crippen LogP contribution in [0.3, 0.4) is 0 Å². The third kappa shape index (κ3) is 14.4. The zero-order chi connectivity index (χ0) is 25.2. The van der Waals surface area contributed by atoms with Gasteiger partial charge in [0, 0.05) is 0 Å². The molecule has 0 aliphatic carbocycles. The summed E-state index contributed by atoms with van der Waals surface area (Å²) in [6.07, 6.45) is 12.1. The molecule has 0 aliphatic rings. The Bertz CT molecular complexity index is 722. The van der Waals surface area contributed by atoms with Crippen LogP contribution >= 0.6 is 35.7 Å². The fourth-order valence-electron chi connectivity index (χ4n) is 3.22. The number of rotatable bonds is 17. The number of unbranched alkanes of at least 4 members (excludes halogenated alkanes) is 9. The summed E-state index contributed by atoms with van der Waals surface area (Å²) < 4.78 is 10.5. The van der Waals surface area contributed by atoms with E-state index in [0.717, 1.165) is 21.3 Å². The van der Waals surface area contributed by atoms with Crippen LogP contribution in [0.25, 0.3) is 0 Å². The van der Waals surface area contributed by atoms with Gasteiger partial charge in [-0.2, -0.15) is 0 Å². The van der Waals surface area contributed by atoms with Crippen LogP contribution in [-0.4, -0.2) is 32.1 Å². The SMILES string of the molecule is CCCCCCCCCCCCSC(=S)SC(C)(C)C(=O)OC(C)C(=O)OCc1ccccc1. The highest BCUT2D eigenvalue weighted by molar-refractivity contribution is 8.47. The van der Waals surface area contributed by atoms with Crippen molar-refractivity contribution >= 4 is 51.2 Å². The molecule has 1 unspecified atom stereocenters. The van der Waals surface area contributed by atoms with Crippen molar-refractivity contribution in [1.82, 2.24) is 0 Å². The van der Waals surface area contributed by atoms with Gasteiger partial charge in [0.05, 0.1) is 0 Å². The number of thiocarbonyl (C=S) groups is 1. The van der Waals surface area contributed by atoms with E-state index in [1.165, 1.54) is 76.5 Å². The molecule has 0 aliphatic heterocycles. The zero-order valence-corrected chi connectivity index (χ0v) is 23.8. The van der Waals surface area contributed by atoms with Crippen LogP contribution in [0.4, 0.5) is 0 Å². The van der Waals surface area contributed by atoms with Crippen molar-refractivity contribution in [3.05, 3.63) is 35.9 Å². The minimum Gasteiger partial charge on any atom is -0.458 e.